The monoisotopic (exact) mass is 292 g/mol. The molecule has 1 heterocycles. The number of hydrogen-bond donors (Lipinski definition) is 1. The third kappa shape index (κ3) is 2.55. The minimum absolute atomic E-state index is 0.404. The average Bonchev–Trinajstić information content (AvgIpc) is 2.38. The number of rotatable bonds is 4. The number of halogens is 1. The van der Waals surface area contributed by atoms with Crippen LogP contribution in [0.15, 0.2) is 12.1 Å². The highest BCUT2D eigenvalue weighted by Crippen LogP contribution is 2.37. The lowest BCUT2D eigenvalue weighted by atomic mass is 9.96. The molecule has 0 spiro atoms. The molecule has 108 valence electrons. The highest BCUT2D eigenvalue weighted by molar-refractivity contribution is 6.33. The summed E-state index contributed by atoms with van der Waals surface area (Å²) in [7, 11) is 1.62. The van der Waals surface area contributed by atoms with Crippen LogP contribution in [0.3, 0.4) is 0 Å². The van der Waals surface area contributed by atoms with Crippen molar-refractivity contribution >= 4 is 28.2 Å². The minimum Gasteiger partial charge on any atom is -0.495 e. The first-order valence-electron chi connectivity index (χ1n) is 6.91. The molecule has 0 unspecified atom stereocenters. The average molecular weight is 293 g/mol. The molecule has 1 aromatic carbocycles. The molecule has 3 nitrogen and oxygen atoms in total. The Morgan fingerprint density at radius 3 is 2.60 bits per heavy atom. The Kier molecular flexibility index (Phi) is 4.39. The van der Waals surface area contributed by atoms with Crippen LogP contribution in [0.2, 0.25) is 5.02 Å². The van der Waals surface area contributed by atoms with Crippen molar-refractivity contribution < 1.29 is 4.74 Å². The van der Waals surface area contributed by atoms with E-state index >= 15 is 0 Å². The number of fused-ring (bicyclic) bond motifs is 1. The van der Waals surface area contributed by atoms with Gasteiger partial charge in [0.1, 0.15) is 5.75 Å². The van der Waals surface area contributed by atoms with Gasteiger partial charge in [0.05, 0.1) is 17.6 Å². The lowest BCUT2D eigenvalue weighted by molar-refractivity contribution is 0.415. The fourth-order valence-corrected chi connectivity index (χ4v) is 2.87. The number of nitrogens with zero attached hydrogens (tertiary/aromatic N) is 1. The van der Waals surface area contributed by atoms with Gasteiger partial charge in [-0.2, -0.15) is 0 Å². The molecule has 4 heteroatoms. The molecule has 0 fully saturated rings. The summed E-state index contributed by atoms with van der Waals surface area (Å²) < 4.78 is 5.28. The van der Waals surface area contributed by atoms with Crippen molar-refractivity contribution in [3.05, 3.63) is 28.4 Å². The highest BCUT2D eigenvalue weighted by atomic mass is 35.5. The Labute approximate surface area is 125 Å². The van der Waals surface area contributed by atoms with Crippen molar-refractivity contribution in [2.24, 2.45) is 0 Å². The summed E-state index contributed by atoms with van der Waals surface area (Å²) in [5, 5.41) is 5.13. The van der Waals surface area contributed by atoms with E-state index in [-0.39, 0.29) is 0 Å². The van der Waals surface area contributed by atoms with Crippen LogP contribution in [-0.4, -0.2) is 18.6 Å². The number of hydrogen-bond acceptors (Lipinski definition) is 3. The molecule has 1 aromatic heterocycles. The van der Waals surface area contributed by atoms with E-state index in [0.29, 0.717) is 16.7 Å². The number of ether oxygens (including phenoxy) is 1. The second-order valence-corrected chi connectivity index (χ2v) is 5.58. The summed E-state index contributed by atoms with van der Waals surface area (Å²) in [4.78, 5) is 4.71. The number of nitrogens with one attached hydrogen (secondary N) is 1. The summed E-state index contributed by atoms with van der Waals surface area (Å²) in [5.41, 5.74) is 4.34. The SMILES string of the molecule is CCNc1c(C(C)C)c(C)nc2cc(OC)c(Cl)cc12. The number of pyridine rings is 1. The lowest BCUT2D eigenvalue weighted by Gasteiger charge is -2.19. The quantitative estimate of drug-likeness (QED) is 0.882. The molecule has 2 aromatic rings. The van der Waals surface area contributed by atoms with Gasteiger partial charge in [-0.1, -0.05) is 25.4 Å². The molecule has 0 bridgehead atoms. The van der Waals surface area contributed by atoms with E-state index in [1.807, 2.05) is 12.1 Å². The van der Waals surface area contributed by atoms with Gasteiger partial charge in [-0.15, -0.1) is 0 Å². The maximum Gasteiger partial charge on any atom is 0.139 e. The molecule has 20 heavy (non-hydrogen) atoms. The van der Waals surface area contributed by atoms with Gasteiger partial charge in [-0.3, -0.25) is 4.98 Å². The molecule has 0 radical (unpaired) electrons. The number of aryl methyl sites for hydroxylation is 1. The first kappa shape index (κ1) is 14.9. The fourth-order valence-electron chi connectivity index (χ4n) is 2.63. The van der Waals surface area contributed by atoms with E-state index in [4.69, 9.17) is 21.3 Å². The first-order chi connectivity index (χ1) is 9.49. The zero-order valence-electron chi connectivity index (χ0n) is 12.7. The molecule has 0 saturated carbocycles. The Balaban J connectivity index is 2.83. The molecular weight excluding hydrogens is 272 g/mol. The van der Waals surface area contributed by atoms with E-state index in [2.05, 4.69) is 33.0 Å². The Morgan fingerprint density at radius 1 is 1.35 bits per heavy atom. The van der Waals surface area contributed by atoms with Crippen LogP contribution < -0.4 is 10.1 Å². The van der Waals surface area contributed by atoms with Crippen LogP contribution in [0.25, 0.3) is 10.9 Å². The lowest BCUT2D eigenvalue weighted by Crippen LogP contribution is -2.07. The molecule has 0 aliphatic carbocycles. The molecule has 1 N–H and O–H groups in total. The van der Waals surface area contributed by atoms with Crippen molar-refractivity contribution in [2.75, 3.05) is 19.0 Å². The molecule has 0 amide bonds. The minimum atomic E-state index is 0.404. The van der Waals surface area contributed by atoms with Crippen LogP contribution in [0, 0.1) is 6.92 Å². The summed E-state index contributed by atoms with van der Waals surface area (Å²) in [6.45, 7) is 9.37. The van der Waals surface area contributed by atoms with Crippen LogP contribution >= 0.6 is 11.6 Å². The standard InChI is InChI=1S/C16H21ClN2O/c1-6-18-16-11-7-12(17)14(20-5)8-13(11)19-10(4)15(16)9(2)3/h7-9H,6H2,1-5H3,(H,18,19). The normalized spacial score (nSPS) is 11.2. The van der Waals surface area contributed by atoms with Crippen molar-refractivity contribution in [3.63, 3.8) is 0 Å². The van der Waals surface area contributed by atoms with Crippen LogP contribution in [-0.2, 0) is 0 Å². The van der Waals surface area contributed by atoms with Gasteiger partial charge in [0.2, 0.25) is 0 Å². The van der Waals surface area contributed by atoms with Gasteiger partial charge in [-0.05, 0) is 31.4 Å². The summed E-state index contributed by atoms with van der Waals surface area (Å²) >= 11 is 6.27. The Bertz CT molecular complexity index is 638. The summed E-state index contributed by atoms with van der Waals surface area (Å²) in [5.74, 6) is 1.06. The number of aromatic nitrogens is 1. The first-order valence-corrected chi connectivity index (χ1v) is 7.29. The summed E-state index contributed by atoms with van der Waals surface area (Å²) in [6, 6.07) is 3.83. The molecule has 0 saturated heterocycles. The van der Waals surface area contributed by atoms with Crippen molar-refractivity contribution in [3.8, 4) is 5.75 Å². The Morgan fingerprint density at radius 2 is 2.05 bits per heavy atom. The van der Waals surface area contributed by atoms with Gasteiger partial charge in [0, 0.05) is 29.4 Å². The predicted octanol–water partition coefficient (Wildman–Crippen LogP) is 4.76. The van der Waals surface area contributed by atoms with E-state index < -0.39 is 0 Å². The summed E-state index contributed by atoms with van der Waals surface area (Å²) in [6.07, 6.45) is 0. The van der Waals surface area contributed by atoms with E-state index in [0.717, 1.165) is 28.8 Å². The second kappa shape index (κ2) is 5.88. The smallest absolute Gasteiger partial charge is 0.139 e. The number of anilines is 1. The van der Waals surface area contributed by atoms with Crippen LogP contribution in [0.1, 0.15) is 37.9 Å². The van der Waals surface area contributed by atoms with Gasteiger partial charge in [-0.25, -0.2) is 0 Å². The molecular formula is C16H21ClN2O. The van der Waals surface area contributed by atoms with E-state index in [1.54, 1.807) is 7.11 Å². The third-order valence-electron chi connectivity index (χ3n) is 3.42. The zero-order chi connectivity index (χ0) is 14.9. The highest BCUT2D eigenvalue weighted by Gasteiger charge is 2.16. The zero-order valence-corrected chi connectivity index (χ0v) is 13.4. The van der Waals surface area contributed by atoms with Gasteiger partial charge >= 0.3 is 0 Å². The number of benzene rings is 1. The maximum atomic E-state index is 6.27. The van der Waals surface area contributed by atoms with Crippen LogP contribution in [0.4, 0.5) is 5.69 Å². The largest absolute Gasteiger partial charge is 0.495 e. The molecule has 2 rings (SSSR count). The fraction of sp³-hybridized carbons (Fsp3) is 0.438. The van der Waals surface area contributed by atoms with E-state index in [1.165, 1.54) is 5.56 Å². The second-order valence-electron chi connectivity index (χ2n) is 5.17. The number of methoxy groups -OCH3 is 1. The van der Waals surface area contributed by atoms with Crippen molar-refractivity contribution in [1.82, 2.24) is 4.98 Å². The van der Waals surface area contributed by atoms with Crippen molar-refractivity contribution in [1.29, 1.82) is 0 Å². The van der Waals surface area contributed by atoms with Gasteiger partial charge in [0.15, 0.2) is 0 Å². The molecule has 0 atom stereocenters. The van der Waals surface area contributed by atoms with Gasteiger partial charge < -0.3 is 10.1 Å². The van der Waals surface area contributed by atoms with Gasteiger partial charge in [0.25, 0.3) is 0 Å². The predicted molar refractivity (Wildman–Crippen MR) is 86.3 cm³/mol. The van der Waals surface area contributed by atoms with Crippen molar-refractivity contribution in [2.45, 2.75) is 33.6 Å². The maximum absolute atomic E-state index is 6.27. The molecule has 0 aliphatic heterocycles. The van der Waals surface area contributed by atoms with E-state index in [9.17, 15) is 0 Å². The Hall–Kier alpha value is -1.48. The molecule has 0 aliphatic rings. The third-order valence-corrected chi connectivity index (χ3v) is 3.71. The topological polar surface area (TPSA) is 34.2 Å². The van der Waals surface area contributed by atoms with Crippen LogP contribution in [0.5, 0.6) is 5.75 Å².